The lowest BCUT2D eigenvalue weighted by molar-refractivity contribution is -0.146. The number of hydrogen-bond donors (Lipinski definition) is 2. The second kappa shape index (κ2) is 16.7. The average molecular weight is 656 g/mol. The first-order chi connectivity index (χ1) is 22.1. The Kier molecular flexibility index (Phi) is 13.3. The Morgan fingerprint density at radius 1 is 1.04 bits per heavy atom. The molecule has 2 aromatic rings. The normalized spacial score (nSPS) is 15.6. The number of amides is 2. The van der Waals surface area contributed by atoms with E-state index < -0.39 is 59.3 Å². The number of aliphatic carboxylic acids is 1. The Labute approximate surface area is 277 Å². The summed E-state index contributed by atoms with van der Waals surface area (Å²) in [7, 11) is 1.50. The summed E-state index contributed by atoms with van der Waals surface area (Å²) < 4.78 is 25.4. The van der Waals surface area contributed by atoms with Gasteiger partial charge >= 0.3 is 12.1 Å². The minimum atomic E-state index is -1.16. The number of hydrogen-bond acceptors (Lipinski definition) is 7. The Hall–Kier alpha value is -3.99. The average Bonchev–Trinajstić information content (AvgIpc) is 3.84. The molecule has 1 fully saturated rings. The predicted molar refractivity (Wildman–Crippen MR) is 176 cm³/mol. The van der Waals surface area contributed by atoms with Gasteiger partial charge in [-0.25, -0.2) is 9.18 Å². The van der Waals surface area contributed by atoms with Gasteiger partial charge in [0.1, 0.15) is 29.3 Å². The van der Waals surface area contributed by atoms with Gasteiger partial charge in [-0.1, -0.05) is 30.3 Å². The monoisotopic (exact) mass is 655 g/mol. The zero-order valence-electron chi connectivity index (χ0n) is 28.4. The molecule has 4 atom stereocenters. The molecule has 47 heavy (non-hydrogen) atoms. The van der Waals surface area contributed by atoms with Crippen LogP contribution >= 0.6 is 0 Å². The molecular weight excluding hydrogens is 605 g/mol. The van der Waals surface area contributed by atoms with Crippen LogP contribution < -0.4 is 10.5 Å². The summed E-state index contributed by atoms with van der Waals surface area (Å²) in [4.78, 5) is 56.0. The fourth-order valence-electron chi connectivity index (χ4n) is 5.45. The topological polar surface area (TPSA) is 139 Å². The summed E-state index contributed by atoms with van der Waals surface area (Å²) in [6.45, 7) is 9.24. The van der Waals surface area contributed by atoms with Crippen LogP contribution in [0.25, 0.3) is 0 Å². The number of carboxylic acids is 1. The summed E-state index contributed by atoms with van der Waals surface area (Å²) in [6, 6.07) is 11.2. The molecule has 2 aromatic carbocycles. The first kappa shape index (κ1) is 37.5. The van der Waals surface area contributed by atoms with E-state index in [0.29, 0.717) is 17.9 Å². The highest BCUT2D eigenvalue weighted by Gasteiger charge is 2.46. The molecule has 0 spiro atoms. The van der Waals surface area contributed by atoms with Crippen molar-refractivity contribution in [2.45, 2.75) is 96.9 Å². The SMILES string of the molecule is C[C@H](CN(C(=O)OC(C)(C)C)[C@H](C(=O)N(C)[C@H](C)C(=O)C[C@H](Cc1ccc(F)cc1)C(=O)O)C1CC1)Oc1ccccc1CCCN. The molecule has 3 rings (SSSR count). The minimum Gasteiger partial charge on any atom is -0.489 e. The number of ether oxygens (including phenoxy) is 2. The third kappa shape index (κ3) is 11.3. The van der Waals surface area contributed by atoms with Crippen LogP contribution in [0.1, 0.15) is 71.4 Å². The van der Waals surface area contributed by atoms with Crippen LogP contribution in [-0.4, -0.2) is 82.6 Å². The number of carbonyl (C=O) groups excluding carboxylic acids is 3. The van der Waals surface area contributed by atoms with Gasteiger partial charge in [0.2, 0.25) is 5.91 Å². The number of carboxylic acid groups (broad SMARTS) is 1. The van der Waals surface area contributed by atoms with Crippen LogP contribution in [0.2, 0.25) is 0 Å². The van der Waals surface area contributed by atoms with Crippen molar-refractivity contribution in [2.75, 3.05) is 20.1 Å². The van der Waals surface area contributed by atoms with Crippen molar-refractivity contribution in [1.82, 2.24) is 9.80 Å². The van der Waals surface area contributed by atoms with Crippen molar-refractivity contribution in [3.63, 3.8) is 0 Å². The lowest BCUT2D eigenvalue weighted by Gasteiger charge is -2.37. The fraction of sp³-hybridized carbons (Fsp3) is 0.556. The molecule has 0 aliphatic heterocycles. The van der Waals surface area contributed by atoms with Crippen molar-refractivity contribution in [3.8, 4) is 5.75 Å². The summed E-state index contributed by atoms with van der Waals surface area (Å²) >= 11 is 0. The molecule has 1 aliphatic rings. The van der Waals surface area contributed by atoms with E-state index in [-0.39, 0.29) is 25.3 Å². The molecule has 2 amide bonds. The van der Waals surface area contributed by atoms with Gasteiger partial charge in [0.25, 0.3) is 0 Å². The van der Waals surface area contributed by atoms with Crippen LogP contribution in [0.15, 0.2) is 48.5 Å². The van der Waals surface area contributed by atoms with Gasteiger partial charge in [-0.3, -0.25) is 19.3 Å². The Balaban J connectivity index is 1.80. The lowest BCUT2D eigenvalue weighted by Crippen LogP contribution is -2.56. The van der Waals surface area contributed by atoms with Crippen LogP contribution in [-0.2, 0) is 32.0 Å². The van der Waals surface area contributed by atoms with Crippen molar-refractivity contribution in [1.29, 1.82) is 0 Å². The Bertz CT molecular complexity index is 1370. The summed E-state index contributed by atoms with van der Waals surface area (Å²) in [5.41, 5.74) is 6.48. The first-order valence-corrected chi connectivity index (χ1v) is 16.3. The maximum Gasteiger partial charge on any atom is 0.411 e. The molecule has 10 nitrogen and oxygen atoms in total. The smallest absolute Gasteiger partial charge is 0.411 e. The van der Waals surface area contributed by atoms with Crippen LogP contribution in [0, 0.1) is 17.7 Å². The van der Waals surface area contributed by atoms with E-state index in [1.54, 1.807) is 27.7 Å². The van der Waals surface area contributed by atoms with Crippen molar-refractivity contribution < 1.29 is 38.1 Å². The van der Waals surface area contributed by atoms with Crippen molar-refractivity contribution >= 4 is 23.8 Å². The molecule has 1 aliphatic carbocycles. The largest absolute Gasteiger partial charge is 0.489 e. The number of benzene rings is 2. The summed E-state index contributed by atoms with van der Waals surface area (Å²) in [6.07, 6.45) is 1.53. The maximum absolute atomic E-state index is 14.2. The number of nitrogens with zero attached hydrogens (tertiary/aromatic N) is 2. The van der Waals surface area contributed by atoms with Gasteiger partial charge in [-0.2, -0.15) is 0 Å². The summed E-state index contributed by atoms with van der Waals surface area (Å²) in [5, 5.41) is 9.83. The Morgan fingerprint density at radius 2 is 1.68 bits per heavy atom. The minimum absolute atomic E-state index is 0.0378. The number of nitrogens with two attached hydrogens (primary N) is 1. The second-order valence-corrected chi connectivity index (χ2v) is 13.5. The van der Waals surface area contributed by atoms with Gasteiger partial charge in [-0.15, -0.1) is 0 Å². The molecule has 11 heteroatoms. The number of para-hydroxylation sites is 1. The number of aryl methyl sites for hydroxylation is 1. The highest BCUT2D eigenvalue weighted by atomic mass is 19.1. The number of rotatable bonds is 17. The predicted octanol–water partition coefficient (Wildman–Crippen LogP) is 5.25. The third-order valence-electron chi connectivity index (χ3n) is 8.28. The van der Waals surface area contributed by atoms with E-state index in [1.807, 2.05) is 31.2 Å². The number of likely N-dealkylation sites (N-methyl/N-ethyl adjacent to an activating group) is 1. The highest BCUT2D eigenvalue weighted by Crippen LogP contribution is 2.37. The molecule has 0 radical (unpaired) electrons. The second-order valence-electron chi connectivity index (χ2n) is 13.5. The summed E-state index contributed by atoms with van der Waals surface area (Å²) in [5.74, 6) is -2.97. The van der Waals surface area contributed by atoms with Crippen LogP contribution in [0.5, 0.6) is 5.75 Å². The molecule has 0 aromatic heterocycles. The number of carbonyl (C=O) groups is 4. The molecule has 1 saturated carbocycles. The number of ketones is 1. The molecule has 0 bridgehead atoms. The molecule has 258 valence electrons. The molecule has 0 saturated heterocycles. The third-order valence-corrected chi connectivity index (χ3v) is 8.28. The van der Waals surface area contributed by atoms with E-state index in [9.17, 15) is 28.7 Å². The van der Waals surface area contributed by atoms with E-state index in [2.05, 4.69) is 0 Å². The van der Waals surface area contributed by atoms with E-state index in [4.69, 9.17) is 15.2 Å². The van der Waals surface area contributed by atoms with Crippen LogP contribution in [0.3, 0.4) is 0 Å². The van der Waals surface area contributed by atoms with Crippen molar-refractivity contribution in [3.05, 3.63) is 65.5 Å². The number of halogens is 1. The van der Waals surface area contributed by atoms with Gasteiger partial charge in [-0.05, 0) is 109 Å². The standard InChI is InChI=1S/C36H50FN3O7/c1-23(46-31-12-8-7-10-26(31)11-9-19-38)22-40(35(45)47-36(3,4)5)32(27-15-16-27)33(42)39(6)24(2)30(41)21-28(34(43)44)20-25-13-17-29(37)18-14-25/h7-8,10,12-14,17-18,23-24,27-28,32H,9,11,15-16,19-22,38H2,1-6H3,(H,43,44)/t23-,24-,28+,32+/m1/s1. The zero-order chi connectivity index (χ0) is 34.9. The van der Waals surface area contributed by atoms with E-state index >= 15 is 0 Å². The molecule has 3 N–H and O–H groups in total. The lowest BCUT2D eigenvalue weighted by atomic mass is 9.92. The maximum atomic E-state index is 14.2. The van der Waals surface area contributed by atoms with Gasteiger partial charge in [0, 0.05) is 13.5 Å². The quantitative estimate of drug-likeness (QED) is 0.236. The Morgan fingerprint density at radius 3 is 2.26 bits per heavy atom. The highest BCUT2D eigenvalue weighted by molar-refractivity contribution is 5.93. The van der Waals surface area contributed by atoms with Gasteiger partial charge in [0.05, 0.1) is 18.5 Å². The fourth-order valence-corrected chi connectivity index (χ4v) is 5.45. The van der Waals surface area contributed by atoms with E-state index in [0.717, 1.165) is 31.2 Å². The van der Waals surface area contributed by atoms with Crippen molar-refractivity contribution in [2.24, 2.45) is 17.6 Å². The van der Waals surface area contributed by atoms with Gasteiger partial charge < -0.3 is 25.2 Å². The van der Waals surface area contributed by atoms with E-state index in [1.165, 1.54) is 41.1 Å². The molecule has 0 heterocycles. The van der Waals surface area contributed by atoms with Gasteiger partial charge in [0.15, 0.2) is 5.78 Å². The molecule has 0 unspecified atom stereocenters. The zero-order valence-corrected chi connectivity index (χ0v) is 28.4. The molecular formula is C36H50FN3O7. The first-order valence-electron chi connectivity index (χ1n) is 16.3. The number of Topliss-reactive ketones (excluding diaryl/α,β-unsaturated/α-hetero) is 1. The van der Waals surface area contributed by atoms with Crippen LogP contribution in [0.4, 0.5) is 9.18 Å².